The van der Waals surface area contributed by atoms with Crippen LogP contribution in [0.25, 0.3) is 0 Å². The summed E-state index contributed by atoms with van der Waals surface area (Å²) >= 11 is 0. The molecule has 0 fully saturated rings. The summed E-state index contributed by atoms with van der Waals surface area (Å²) in [6, 6.07) is 8.73. The highest BCUT2D eigenvalue weighted by Gasteiger charge is 2.12. The monoisotopic (exact) mass is 247 g/mol. The molecular formula is C15H18FNO. The number of furan rings is 1. The molecule has 1 aromatic carbocycles. The molecule has 0 spiro atoms. The Balaban J connectivity index is 2.11. The molecule has 18 heavy (non-hydrogen) atoms. The first-order chi connectivity index (χ1) is 8.79. The fraction of sp³-hybridized carbons (Fsp3) is 0.333. The minimum absolute atomic E-state index is 0.190. The number of nitrogens with one attached hydrogen (secondary N) is 1. The molecule has 1 aromatic heterocycles. The van der Waals surface area contributed by atoms with E-state index >= 15 is 0 Å². The largest absolute Gasteiger partial charge is 0.472 e. The van der Waals surface area contributed by atoms with E-state index in [9.17, 15) is 4.39 Å². The van der Waals surface area contributed by atoms with Crippen LogP contribution in [-0.2, 0) is 6.42 Å². The Labute approximate surface area is 107 Å². The second-order valence-electron chi connectivity index (χ2n) is 4.39. The zero-order chi connectivity index (χ0) is 12.8. The molecule has 0 aliphatic carbocycles. The number of likely N-dealkylation sites (N-methyl/N-ethyl adjacent to an activating group) is 1. The average Bonchev–Trinajstić information content (AvgIpc) is 2.88. The summed E-state index contributed by atoms with van der Waals surface area (Å²) in [7, 11) is 0. The summed E-state index contributed by atoms with van der Waals surface area (Å²) in [5.41, 5.74) is 2.32. The van der Waals surface area contributed by atoms with Gasteiger partial charge < -0.3 is 9.73 Å². The van der Waals surface area contributed by atoms with E-state index in [4.69, 9.17) is 4.42 Å². The van der Waals surface area contributed by atoms with Crippen LogP contribution in [0.15, 0.2) is 47.3 Å². The molecule has 1 unspecified atom stereocenters. The first kappa shape index (κ1) is 12.8. The van der Waals surface area contributed by atoms with Gasteiger partial charge in [0.25, 0.3) is 0 Å². The van der Waals surface area contributed by atoms with Crippen molar-refractivity contribution in [2.75, 3.05) is 13.1 Å². The zero-order valence-corrected chi connectivity index (χ0v) is 10.5. The van der Waals surface area contributed by atoms with E-state index in [0.717, 1.165) is 25.1 Å². The summed E-state index contributed by atoms with van der Waals surface area (Å²) in [5.74, 6) is 0.146. The van der Waals surface area contributed by atoms with Gasteiger partial charge in [0.15, 0.2) is 0 Å². The standard InChI is InChI=1S/C15H18FNO/c1-2-17-10-14(9-12-7-8-18-11-12)13-3-5-15(16)6-4-13/h3-8,11,14,17H,2,9-10H2,1H3. The third-order valence-electron chi connectivity index (χ3n) is 3.04. The molecule has 1 heterocycles. The first-order valence-corrected chi connectivity index (χ1v) is 6.27. The van der Waals surface area contributed by atoms with Gasteiger partial charge in [0.2, 0.25) is 0 Å². The van der Waals surface area contributed by atoms with Gasteiger partial charge in [-0.1, -0.05) is 19.1 Å². The lowest BCUT2D eigenvalue weighted by Crippen LogP contribution is -2.22. The van der Waals surface area contributed by atoms with Crippen LogP contribution in [0, 0.1) is 5.82 Å². The van der Waals surface area contributed by atoms with Crippen molar-refractivity contribution in [3.8, 4) is 0 Å². The number of benzene rings is 1. The molecule has 0 aliphatic rings. The Bertz CT molecular complexity index is 450. The molecule has 0 aliphatic heterocycles. The molecular weight excluding hydrogens is 229 g/mol. The minimum atomic E-state index is -0.190. The molecule has 0 saturated heterocycles. The zero-order valence-electron chi connectivity index (χ0n) is 10.5. The van der Waals surface area contributed by atoms with Crippen LogP contribution < -0.4 is 5.32 Å². The van der Waals surface area contributed by atoms with E-state index in [2.05, 4.69) is 12.2 Å². The lowest BCUT2D eigenvalue weighted by atomic mass is 9.93. The normalized spacial score (nSPS) is 12.6. The second kappa shape index (κ2) is 6.36. The van der Waals surface area contributed by atoms with E-state index in [1.807, 2.05) is 18.2 Å². The quantitative estimate of drug-likeness (QED) is 0.846. The highest BCUT2D eigenvalue weighted by atomic mass is 19.1. The highest BCUT2D eigenvalue weighted by Crippen LogP contribution is 2.21. The Hall–Kier alpha value is -1.61. The van der Waals surface area contributed by atoms with Crippen molar-refractivity contribution in [3.63, 3.8) is 0 Å². The van der Waals surface area contributed by atoms with Crippen molar-refractivity contribution in [1.82, 2.24) is 5.32 Å². The van der Waals surface area contributed by atoms with Crippen LogP contribution in [0.1, 0.15) is 24.0 Å². The van der Waals surface area contributed by atoms with Crippen LogP contribution >= 0.6 is 0 Å². The van der Waals surface area contributed by atoms with Crippen LogP contribution in [0.2, 0.25) is 0 Å². The smallest absolute Gasteiger partial charge is 0.123 e. The van der Waals surface area contributed by atoms with E-state index in [1.165, 1.54) is 17.7 Å². The minimum Gasteiger partial charge on any atom is -0.472 e. The van der Waals surface area contributed by atoms with Gasteiger partial charge in [0.1, 0.15) is 5.82 Å². The summed E-state index contributed by atoms with van der Waals surface area (Å²) < 4.78 is 18.0. The molecule has 3 heteroatoms. The molecule has 2 rings (SSSR count). The third kappa shape index (κ3) is 3.44. The van der Waals surface area contributed by atoms with Crippen LogP contribution in [0.5, 0.6) is 0 Å². The average molecular weight is 247 g/mol. The number of hydrogen-bond acceptors (Lipinski definition) is 2. The molecule has 1 N–H and O–H groups in total. The van der Waals surface area contributed by atoms with Crippen molar-refractivity contribution >= 4 is 0 Å². The molecule has 0 radical (unpaired) electrons. The SMILES string of the molecule is CCNCC(Cc1ccoc1)c1ccc(F)cc1. The number of halogens is 1. The van der Waals surface area contributed by atoms with E-state index in [-0.39, 0.29) is 5.82 Å². The van der Waals surface area contributed by atoms with Gasteiger partial charge in [0.05, 0.1) is 12.5 Å². The Morgan fingerprint density at radius 3 is 2.61 bits per heavy atom. The maximum absolute atomic E-state index is 12.9. The predicted octanol–water partition coefficient (Wildman–Crippen LogP) is 3.35. The third-order valence-corrected chi connectivity index (χ3v) is 3.04. The van der Waals surface area contributed by atoms with Gasteiger partial charge in [-0.3, -0.25) is 0 Å². The van der Waals surface area contributed by atoms with Crippen molar-refractivity contribution in [2.24, 2.45) is 0 Å². The molecule has 96 valence electrons. The molecule has 1 atom stereocenters. The lowest BCUT2D eigenvalue weighted by molar-refractivity contribution is 0.554. The Morgan fingerprint density at radius 2 is 2.00 bits per heavy atom. The maximum Gasteiger partial charge on any atom is 0.123 e. The number of rotatable bonds is 6. The Kier molecular flexibility index (Phi) is 4.53. The molecule has 2 nitrogen and oxygen atoms in total. The fourth-order valence-electron chi connectivity index (χ4n) is 2.05. The molecule has 0 bridgehead atoms. The van der Waals surface area contributed by atoms with Gasteiger partial charge in [-0.15, -0.1) is 0 Å². The summed E-state index contributed by atoms with van der Waals surface area (Å²) in [6.07, 6.45) is 4.35. The highest BCUT2D eigenvalue weighted by molar-refractivity contribution is 5.23. The Morgan fingerprint density at radius 1 is 1.22 bits per heavy atom. The van der Waals surface area contributed by atoms with Gasteiger partial charge in [-0.05, 0) is 42.3 Å². The van der Waals surface area contributed by atoms with E-state index in [0.29, 0.717) is 5.92 Å². The first-order valence-electron chi connectivity index (χ1n) is 6.27. The predicted molar refractivity (Wildman–Crippen MR) is 70.1 cm³/mol. The van der Waals surface area contributed by atoms with Crippen LogP contribution in [0.3, 0.4) is 0 Å². The number of hydrogen-bond donors (Lipinski definition) is 1. The summed E-state index contributed by atoms with van der Waals surface area (Å²) in [5, 5.41) is 3.35. The van der Waals surface area contributed by atoms with Crippen molar-refractivity contribution in [2.45, 2.75) is 19.3 Å². The second-order valence-corrected chi connectivity index (χ2v) is 4.39. The summed E-state index contributed by atoms with van der Waals surface area (Å²) in [6.45, 7) is 3.90. The van der Waals surface area contributed by atoms with Crippen LogP contribution in [0.4, 0.5) is 4.39 Å². The van der Waals surface area contributed by atoms with Gasteiger partial charge in [-0.2, -0.15) is 0 Å². The van der Waals surface area contributed by atoms with E-state index in [1.54, 1.807) is 12.5 Å². The molecule has 2 aromatic rings. The maximum atomic E-state index is 12.9. The fourth-order valence-corrected chi connectivity index (χ4v) is 2.05. The molecule has 0 amide bonds. The summed E-state index contributed by atoms with van der Waals surface area (Å²) in [4.78, 5) is 0. The van der Waals surface area contributed by atoms with Crippen LogP contribution in [-0.4, -0.2) is 13.1 Å². The topological polar surface area (TPSA) is 25.2 Å². The molecule has 0 saturated carbocycles. The van der Waals surface area contributed by atoms with Crippen molar-refractivity contribution in [1.29, 1.82) is 0 Å². The lowest BCUT2D eigenvalue weighted by Gasteiger charge is -2.17. The van der Waals surface area contributed by atoms with Gasteiger partial charge in [0, 0.05) is 12.5 Å². The van der Waals surface area contributed by atoms with Gasteiger partial charge in [-0.25, -0.2) is 4.39 Å². The van der Waals surface area contributed by atoms with Crippen molar-refractivity contribution < 1.29 is 8.81 Å². The van der Waals surface area contributed by atoms with Crippen molar-refractivity contribution in [3.05, 3.63) is 59.8 Å². The van der Waals surface area contributed by atoms with Gasteiger partial charge >= 0.3 is 0 Å². The van der Waals surface area contributed by atoms with E-state index < -0.39 is 0 Å².